The van der Waals surface area contributed by atoms with Crippen LogP contribution in [0.1, 0.15) is 11.1 Å². The second-order valence-corrected chi connectivity index (χ2v) is 15.7. The topological polar surface area (TPSA) is 112 Å². The molecule has 0 saturated heterocycles. The Hall–Kier alpha value is -6.82. The van der Waals surface area contributed by atoms with E-state index in [-0.39, 0.29) is 88.8 Å². The van der Waals surface area contributed by atoms with Crippen molar-refractivity contribution in [3.8, 4) is 118 Å². The zero-order valence-corrected chi connectivity index (χ0v) is 36.3. The van der Waals surface area contributed by atoms with Gasteiger partial charge in [-0.25, -0.2) is 16.8 Å². The van der Waals surface area contributed by atoms with Gasteiger partial charge < -0.3 is 18.9 Å². The number of rotatable bonds is 18. The van der Waals surface area contributed by atoms with Crippen LogP contribution in [-0.2, 0) is 39.0 Å². The van der Waals surface area contributed by atoms with Gasteiger partial charge in [0.15, 0.2) is 0 Å². The molecule has 0 aromatic heterocycles. The van der Waals surface area contributed by atoms with Gasteiger partial charge in [0, 0.05) is 13.1 Å². The van der Waals surface area contributed by atoms with Gasteiger partial charge in [-0.05, 0) is 97.3 Å². The van der Waals surface area contributed by atoms with Crippen molar-refractivity contribution in [3.05, 3.63) is 85.0 Å². The van der Waals surface area contributed by atoms with E-state index in [1.807, 2.05) is 13.8 Å². The third kappa shape index (κ3) is 22.5. The molecule has 2 aromatic carbocycles. The fraction of sp³-hybridized carbons (Fsp3) is 0.280. The summed E-state index contributed by atoms with van der Waals surface area (Å²) in [6.07, 6.45) is 3.01. The lowest BCUT2D eigenvalue weighted by atomic mass is 10.2. The summed E-state index contributed by atoms with van der Waals surface area (Å²) in [6.45, 7) is 12.4. The average molecular weight is 865 g/mol. The Morgan fingerprint density at radius 2 is 0.645 bits per heavy atom. The third-order valence-electron chi connectivity index (χ3n) is 7.08. The Labute approximate surface area is 368 Å². The number of sulfonamides is 2. The van der Waals surface area contributed by atoms with E-state index in [9.17, 15) is 16.8 Å². The molecule has 12 heteroatoms. The molecule has 0 heterocycles. The van der Waals surface area contributed by atoms with E-state index in [0.29, 0.717) is 0 Å². The molecule has 0 spiro atoms. The van der Waals surface area contributed by atoms with Crippen molar-refractivity contribution in [2.75, 3.05) is 79.0 Å². The molecule has 0 fully saturated rings. The predicted octanol–water partition coefficient (Wildman–Crippen LogP) is 3.46. The Morgan fingerprint density at radius 3 is 0.871 bits per heavy atom. The molecule has 0 aliphatic rings. The fourth-order valence-corrected chi connectivity index (χ4v) is 6.73. The summed E-state index contributed by atoms with van der Waals surface area (Å²) >= 11 is 0. The maximum atomic E-state index is 12.9. The number of benzene rings is 2. The summed E-state index contributed by atoms with van der Waals surface area (Å²) in [4.78, 5) is 0.391. The Bertz CT molecular complexity index is 2510. The van der Waals surface area contributed by atoms with Crippen molar-refractivity contribution >= 4 is 20.0 Å². The summed E-state index contributed by atoms with van der Waals surface area (Å²) in [5.41, 5.74) is 1.93. The van der Waals surface area contributed by atoms with Crippen LogP contribution in [0.3, 0.4) is 0 Å². The SMILES string of the molecule is C=CCN(CC#CC#CCOCC#CC#CCOCC#CC#CCOCC#CC#CCOCC#CC#CCN(CC=C)S(=O)(=O)c1ccc(C)cc1)S(=O)(=O)c1ccc(C)cc1. The summed E-state index contributed by atoms with van der Waals surface area (Å²) in [5.74, 6) is 53.9. The maximum absolute atomic E-state index is 12.9. The highest BCUT2D eigenvalue weighted by Gasteiger charge is 2.23. The first kappa shape index (κ1) is 51.3. The van der Waals surface area contributed by atoms with Gasteiger partial charge in [-0.15, -0.1) is 13.2 Å². The Balaban J connectivity index is 1.51. The van der Waals surface area contributed by atoms with Crippen LogP contribution < -0.4 is 0 Å². The molecule has 0 unspecified atom stereocenters. The molecule has 0 bridgehead atoms. The van der Waals surface area contributed by atoms with Crippen LogP contribution in [0.15, 0.2) is 83.6 Å². The number of hydrogen-bond acceptors (Lipinski definition) is 8. The third-order valence-corrected chi connectivity index (χ3v) is 10.7. The summed E-state index contributed by atoms with van der Waals surface area (Å²) in [5, 5.41) is 0. The van der Waals surface area contributed by atoms with Crippen molar-refractivity contribution in [1.82, 2.24) is 8.61 Å². The molecule has 0 aliphatic carbocycles. The first-order chi connectivity index (χ1) is 30.1. The van der Waals surface area contributed by atoms with E-state index in [1.165, 1.54) is 20.8 Å². The quantitative estimate of drug-likeness (QED) is 0.128. The highest BCUT2D eigenvalue weighted by atomic mass is 32.2. The normalized spacial score (nSPS) is 9.55. The van der Waals surface area contributed by atoms with Crippen molar-refractivity contribution in [2.45, 2.75) is 23.6 Å². The molecule has 0 radical (unpaired) electrons. The minimum atomic E-state index is -3.70. The monoisotopic (exact) mass is 864 g/mol. The number of ether oxygens (including phenoxy) is 4. The average Bonchev–Trinajstić information content (AvgIpc) is 3.26. The molecule has 0 atom stereocenters. The van der Waals surface area contributed by atoms with Gasteiger partial charge in [0.2, 0.25) is 20.0 Å². The fourth-order valence-electron chi connectivity index (χ4n) is 4.10. The molecule has 0 aliphatic heterocycles. The Kier molecular flexibility index (Phi) is 26.5. The smallest absolute Gasteiger partial charge is 0.244 e. The zero-order chi connectivity index (χ0) is 45.0. The second-order valence-electron chi connectivity index (χ2n) is 11.8. The van der Waals surface area contributed by atoms with Gasteiger partial charge in [-0.1, -0.05) is 107 Å². The minimum Gasteiger partial charge on any atom is -0.356 e. The molecule has 0 N–H and O–H groups in total. The Morgan fingerprint density at radius 1 is 0.419 bits per heavy atom. The van der Waals surface area contributed by atoms with E-state index < -0.39 is 20.0 Å². The lowest BCUT2D eigenvalue weighted by Crippen LogP contribution is -2.31. The summed E-state index contributed by atoms with van der Waals surface area (Å²) < 4.78 is 75.1. The number of nitrogens with zero attached hydrogens (tertiary/aromatic N) is 2. The van der Waals surface area contributed by atoms with Crippen LogP contribution in [0.4, 0.5) is 0 Å². The molecule has 2 rings (SSSR count). The van der Waals surface area contributed by atoms with Crippen LogP contribution in [0.25, 0.3) is 0 Å². The molecule has 0 amide bonds. The van der Waals surface area contributed by atoms with E-state index >= 15 is 0 Å². The van der Waals surface area contributed by atoms with E-state index in [1.54, 1.807) is 48.5 Å². The highest BCUT2D eigenvalue weighted by Crippen LogP contribution is 2.17. The molecular formula is C50H44N2O8S2. The van der Waals surface area contributed by atoms with Crippen LogP contribution in [-0.4, -0.2) is 104 Å². The number of aryl methyl sites for hydroxylation is 2. The molecular weight excluding hydrogens is 821 g/mol. The molecule has 10 nitrogen and oxygen atoms in total. The van der Waals surface area contributed by atoms with Crippen LogP contribution >= 0.6 is 0 Å². The molecule has 2 aromatic rings. The van der Waals surface area contributed by atoms with Crippen molar-refractivity contribution in [2.24, 2.45) is 0 Å². The van der Waals surface area contributed by atoms with Gasteiger partial charge in [-0.2, -0.15) is 8.61 Å². The largest absolute Gasteiger partial charge is 0.356 e. The highest BCUT2D eigenvalue weighted by molar-refractivity contribution is 7.89. The summed E-state index contributed by atoms with van der Waals surface area (Å²) in [6, 6.07) is 13.2. The first-order valence-corrected chi connectivity index (χ1v) is 21.5. The lowest BCUT2D eigenvalue weighted by Gasteiger charge is -2.18. The predicted molar refractivity (Wildman–Crippen MR) is 241 cm³/mol. The zero-order valence-electron chi connectivity index (χ0n) is 34.6. The lowest BCUT2D eigenvalue weighted by molar-refractivity contribution is 0.204. The second kappa shape index (κ2) is 32.0. The maximum Gasteiger partial charge on any atom is 0.244 e. The van der Waals surface area contributed by atoms with Crippen LogP contribution in [0, 0.1) is 132 Å². The van der Waals surface area contributed by atoms with Gasteiger partial charge in [-0.3, -0.25) is 0 Å². The van der Waals surface area contributed by atoms with E-state index in [0.717, 1.165) is 11.1 Å². The van der Waals surface area contributed by atoms with Gasteiger partial charge in [0.25, 0.3) is 0 Å². The van der Waals surface area contributed by atoms with Crippen LogP contribution in [0.2, 0.25) is 0 Å². The minimum absolute atomic E-state index is 0.0229. The van der Waals surface area contributed by atoms with E-state index in [2.05, 4.69) is 132 Å². The number of hydrogen-bond donors (Lipinski definition) is 0. The van der Waals surface area contributed by atoms with Crippen molar-refractivity contribution in [1.29, 1.82) is 0 Å². The molecule has 62 heavy (non-hydrogen) atoms. The summed E-state index contributed by atoms with van der Waals surface area (Å²) in [7, 11) is -7.40. The molecule has 0 saturated carbocycles. The van der Waals surface area contributed by atoms with Crippen molar-refractivity contribution in [3.63, 3.8) is 0 Å². The first-order valence-electron chi connectivity index (χ1n) is 18.6. The standard InChI is InChI=1S/C50H44N2O8S2/c1-5-35-51(61(53,54)49-31-27-47(3)28-32-49)37-17-7-9-19-39-57-41-21-11-13-23-43-59-45-25-15-16-26-46-60-44-24-14-12-22-42-58-40-20-10-8-18-38-52(36-6-2)62(55,56)50-33-29-48(4)30-34-50/h5-6,27-34H,1-2,35-46H2,3-4H3. The van der Waals surface area contributed by atoms with Crippen LogP contribution in [0.5, 0.6) is 0 Å². The van der Waals surface area contributed by atoms with E-state index in [4.69, 9.17) is 18.9 Å². The van der Waals surface area contributed by atoms with Gasteiger partial charge >= 0.3 is 0 Å². The van der Waals surface area contributed by atoms with Gasteiger partial charge in [0.05, 0.1) is 22.9 Å². The van der Waals surface area contributed by atoms with Crippen molar-refractivity contribution < 1.29 is 35.8 Å². The van der Waals surface area contributed by atoms with Gasteiger partial charge in [0.1, 0.15) is 52.9 Å². The molecule has 314 valence electrons.